The largest absolute Gasteiger partial charge is 0.353 e. The van der Waals surface area contributed by atoms with Crippen molar-refractivity contribution in [3.8, 4) is 0 Å². The Balaban J connectivity index is 5.21. The van der Waals surface area contributed by atoms with Gasteiger partial charge in [-0.3, -0.25) is 19.2 Å². The molecule has 438 valence electrons. The molecule has 4 unspecified atom stereocenters. The van der Waals surface area contributed by atoms with Crippen molar-refractivity contribution >= 4 is 23.6 Å². The highest BCUT2D eigenvalue weighted by molar-refractivity contribution is 5.88. The molecule has 0 fully saturated rings. The van der Waals surface area contributed by atoms with E-state index < -0.39 is 12.1 Å². The van der Waals surface area contributed by atoms with Crippen LogP contribution in [0.15, 0.2) is 0 Å². The molecule has 0 aromatic carbocycles. The first-order valence-electron chi connectivity index (χ1n) is 32.9. The average molecular weight is 1040 g/mol. The van der Waals surface area contributed by atoms with Crippen LogP contribution in [0.1, 0.15) is 325 Å². The second-order valence-corrected chi connectivity index (χ2v) is 23.0. The van der Waals surface area contributed by atoms with Crippen LogP contribution in [0.4, 0.5) is 0 Å². The molecule has 0 saturated heterocycles. The SMILES string of the molecule is CCCCCCCCCCCCCCCCCC(=O)N(CCC)C(C(=O)NCCN(C)CCNC(=O)C(C(CC)CCCC)N(CCC)C(=O)CCCCCCCCCCCCCCCCC)C(CC)CCCC. The van der Waals surface area contributed by atoms with Crippen molar-refractivity contribution in [1.82, 2.24) is 25.3 Å². The molecule has 4 atom stereocenters. The zero-order valence-electron chi connectivity index (χ0n) is 51.2. The number of hydrogen-bond donors (Lipinski definition) is 2. The van der Waals surface area contributed by atoms with Crippen LogP contribution in [-0.4, -0.2) is 96.7 Å². The lowest BCUT2D eigenvalue weighted by molar-refractivity contribution is -0.143. The van der Waals surface area contributed by atoms with Crippen LogP contribution in [0.5, 0.6) is 0 Å². The zero-order valence-corrected chi connectivity index (χ0v) is 51.2. The van der Waals surface area contributed by atoms with E-state index in [1.807, 2.05) is 16.8 Å². The van der Waals surface area contributed by atoms with Gasteiger partial charge in [0, 0.05) is 52.1 Å². The Hall–Kier alpha value is -2.16. The quantitative estimate of drug-likeness (QED) is 0.0591. The first-order chi connectivity index (χ1) is 36.1. The molecule has 0 aliphatic carbocycles. The van der Waals surface area contributed by atoms with Gasteiger partial charge in [-0.15, -0.1) is 0 Å². The summed E-state index contributed by atoms with van der Waals surface area (Å²) >= 11 is 0. The van der Waals surface area contributed by atoms with E-state index >= 15 is 0 Å². The lowest BCUT2D eigenvalue weighted by Gasteiger charge is -2.36. The number of unbranched alkanes of at least 4 members (excludes halogenated alkanes) is 30. The fourth-order valence-electron chi connectivity index (χ4n) is 11.3. The highest BCUT2D eigenvalue weighted by Crippen LogP contribution is 2.26. The minimum atomic E-state index is -0.455. The Bertz CT molecular complexity index is 1190. The van der Waals surface area contributed by atoms with Gasteiger partial charge in [-0.1, -0.05) is 274 Å². The van der Waals surface area contributed by atoms with E-state index in [1.165, 1.54) is 167 Å². The number of carbonyl (C=O) groups excluding carboxylic acids is 4. The van der Waals surface area contributed by atoms with Gasteiger partial charge >= 0.3 is 0 Å². The molecular formula is C65H129N5O4. The number of amides is 4. The normalized spacial score (nSPS) is 13.2. The van der Waals surface area contributed by atoms with E-state index in [4.69, 9.17) is 0 Å². The van der Waals surface area contributed by atoms with Crippen molar-refractivity contribution < 1.29 is 19.2 Å². The van der Waals surface area contributed by atoms with Crippen molar-refractivity contribution in [2.24, 2.45) is 11.8 Å². The third-order valence-electron chi connectivity index (χ3n) is 16.2. The van der Waals surface area contributed by atoms with E-state index in [0.29, 0.717) is 52.1 Å². The third kappa shape index (κ3) is 37.6. The molecule has 0 rings (SSSR count). The first kappa shape index (κ1) is 71.8. The molecule has 9 nitrogen and oxygen atoms in total. The second kappa shape index (κ2) is 52.9. The van der Waals surface area contributed by atoms with Crippen LogP contribution in [0.25, 0.3) is 0 Å². The summed E-state index contributed by atoms with van der Waals surface area (Å²) in [6.45, 7) is 21.0. The molecule has 0 aliphatic rings. The van der Waals surface area contributed by atoms with E-state index in [9.17, 15) is 19.2 Å². The fourth-order valence-corrected chi connectivity index (χ4v) is 11.3. The Morgan fingerprint density at radius 2 is 0.581 bits per heavy atom. The maximum atomic E-state index is 14.2. The van der Waals surface area contributed by atoms with E-state index in [1.54, 1.807) is 0 Å². The predicted octanol–water partition coefficient (Wildman–Crippen LogP) is 17.3. The van der Waals surface area contributed by atoms with Gasteiger partial charge in [-0.25, -0.2) is 0 Å². The molecule has 0 radical (unpaired) electrons. The lowest BCUT2D eigenvalue weighted by atomic mass is 9.89. The molecule has 0 bridgehead atoms. The van der Waals surface area contributed by atoms with Crippen molar-refractivity contribution in [2.45, 2.75) is 337 Å². The van der Waals surface area contributed by atoms with E-state index in [0.717, 1.165) is 89.9 Å². The first-order valence-corrected chi connectivity index (χ1v) is 32.9. The van der Waals surface area contributed by atoms with Crippen LogP contribution in [0.3, 0.4) is 0 Å². The van der Waals surface area contributed by atoms with Gasteiger partial charge in [-0.2, -0.15) is 0 Å². The highest BCUT2D eigenvalue weighted by atomic mass is 16.2. The van der Waals surface area contributed by atoms with E-state index in [2.05, 4.69) is 70.9 Å². The summed E-state index contributed by atoms with van der Waals surface area (Å²) < 4.78 is 0. The minimum absolute atomic E-state index is 0.0292. The summed E-state index contributed by atoms with van der Waals surface area (Å²) in [6, 6.07) is -0.909. The molecule has 0 aromatic heterocycles. The van der Waals surface area contributed by atoms with Crippen LogP contribution in [0.2, 0.25) is 0 Å². The average Bonchev–Trinajstić information content (AvgIpc) is 3.39. The summed E-state index contributed by atoms with van der Waals surface area (Å²) in [4.78, 5) is 62.4. The number of hydrogen-bond acceptors (Lipinski definition) is 5. The summed E-state index contributed by atoms with van der Waals surface area (Å²) in [5.74, 6) is 0.455. The third-order valence-corrected chi connectivity index (χ3v) is 16.2. The standard InChI is InChI=1S/C65H129N5O4/c1-10-18-22-24-26-28-30-32-34-36-38-40-42-44-46-50-60(71)69(54-14-5)62(58(16-7)48-20-12-3)64(73)66-52-56-68(9)57-53-67-65(74)63(59(17-8)49-21-13-4)70(55-15-6)61(72)51-47-45-43-41-39-37-35-33-31-29-27-25-23-19-11-2/h58-59,62-63H,10-57H2,1-9H3,(H,66,73)(H,67,74). The van der Waals surface area contributed by atoms with Crippen LogP contribution in [0, 0.1) is 11.8 Å². The van der Waals surface area contributed by atoms with Crippen molar-refractivity contribution in [3.63, 3.8) is 0 Å². The Kier molecular flexibility index (Phi) is 51.3. The summed E-state index contributed by atoms with van der Waals surface area (Å²) in [5.41, 5.74) is 0. The topological polar surface area (TPSA) is 102 Å². The molecular weight excluding hydrogens is 915 g/mol. The van der Waals surface area contributed by atoms with Crippen LogP contribution >= 0.6 is 0 Å². The molecule has 0 heterocycles. The van der Waals surface area contributed by atoms with Crippen LogP contribution in [-0.2, 0) is 19.2 Å². The fraction of sp³-hybridized carbons (Fsp3) is 0.938. The van der Waals surface area contributed by atoms with Gasteiger partial charge in [0.1, 0.15) is 12.1 Å². The summed E-state index contributed by atoms with van der Waals surface area (Å²) in [7, 11) is 2.04. The Labute approximate surface area is 461 Å². The smallest absolute Gasteiger partial charge is 0.243 e. The van der Waals surface area contributed by atoms with Gasteiger partial charge in [-0.05, 0) is 57.4 Å². The Morgan fingerprint density at radius 3 is 0.824 bits per heavy atom. The van der Waals surface area contributed by atoms with Crippen molar-refractivity contribution in [2.75, 3.05) is 46.3 Å². The number of carbonyl (C=O) groups is 4. The maximum absolute atomic E-state index is 14.2. The molecule has 0 aliphatic heterocycles. The molecule has 74 heavy (non-hydrogen) atoms. The lowest BCUT2D eigenvalue weighted by Crippen LogP contribution is -2.55. The van der Waals surface area contributed by atoms with Gasteiger partial charge in [0.05, 0.1) is 0 Å². The van der Waals surface area contributed by atoms with Gasteiger partial charge in [0.2, 0.25) is 23.6 Å². The molecule has 9 heteroatoms. The summed E-state index contributed by atoms with van der Waals surface area (Å²) in [6.07, 6.45) is 49.5. The number of likely N-dealkylation sites (N-methyl/N-ethyl adjacent to an activating group) is 1. The van der Waals surface area contributed by atoms with Gasteiger partial charge in [0.15, 0.2) is 0 Å². The van der Waals surface area contributed by atoms with Crippen molar-refractivity contribution in [3.05, 3.63) is 0 Å². The summed E-state index contributed by atoms with van der Waals surface area (Å²) in [5, 5.41) is 6.53. The molecule has 0 aromatic rings. The van der Waals surface area contributed by atoms with Gasteiger partial charge in [0.25, 0.3) is 0 Å². The molecule has 0 spiro atoms. The Morgan fingerprint density at radius 1 is 0.324 bits per heavy atom. The maximum Gasteiger partial charge on any atom is 0.243 e. The zero-order chi connectivity index (χ0) is 54.7. The van der Waals surface area contributed by atoms with Crippen LogP contribution < -0.4 is 10.6 Å². The number of nitrogens with one attached hydrogen (secondary N) is 2. The number of rotatable bonds is 56. The van der Waals surface area contributed by atoms with Gasteiger partial charge < -0.3 is 25.3 Å². The highest BCUT2D eigenvalue weighted by Gasteiger charge is 2.36. The minimum Gasteiger partial charge on any atom is -0.353 e. The molecule has 2 N–H and O–H groups in total. The molecule has 0 saturated carbocycles. The monoisotopic (exact) mass is 1040 g/mol. The predicted molar refractivity (Wildman–Crippen MR) is 321 cm³/mol. The van der Waals surface area contributed by atoms with Crippen molar-refractivity contribution in [1.29, 1.82) is 0 Å². The number of nitrogens with zero attached hydrogens (tertiary/aromatic N) is 3. The second-order valence-electron chi connectivity index (χ2n) is 23.0. The van der Waals surface area contributed by atoms with E-state index in [-0.39, 0.29) is 35.5 Å². The molecule has 4 amide bonds.